The first kappa shape index (κ1) is 68.9. The molecule has 0 saturated heterocycles. The number of nitrogens with zero attached hydrogens (tertiary/aromatic N) is 4. The molecule has 0 aliphatic carbocycles. The largest absolute Gasteiger partial charge is 0.212 e. The second kappa shape index (κ2) is 37.0. The number of pyridine rings is 4. The summed E-state index contributed by atoms with van der Waals surface area (Å²) in [4.78, 5) is 0. The Morgan fingerprint density at radius 3 is 0.975 bits per heavy atom. The van der Waals surface area contributed by atoms with Gasteiger partial charge in [-0.05, 0) is 283 Å². The zero-order valence-electron chi connectivity index (χ0n) is 98.6. The smallest absolute Gasteiger partial charge is 0.201 e. The van der Waals surface area contributed by atoms with Crippen molar-refractivity contribution in [3.63, 3.8) is 0 Å². The van der Waals surface area contributed by atoms with Crippen LogP contribution in [0, 0.1) is 76.8 Å². The molecule has 0 amide bonds. The van der Waals surface area contributed by atoms with Crippen LogP contribution in [0.2, 0.25) is 0 Å². The number of benzene rings is 8. The van der Waals surface area contributed by atoms with Crippen LogP contribution in [0.1, 0.15) is 283 Å². The van der Waals surface area contributed by atoms with Gasteiger partial charge < -0.3 is 0 Å². The lowest BCUT2D eigenvalue weighted by molar-refractivity contribution is -0.661. The van der Waals surface area contributed by atoms with Crippen LogP contribution in [-0.4, -0.2) is 0 Å². The van der Waals surface area contributed by atoms with Crippen molar-refractivity contribution in [2.45, 2.75) is 268 Å². The van der Waals surface area contributed by atoms with Crippen molar-refractivity contribution in [3.05, 3.63) is 308 Å². The molecule has 0 bridgehead atoms. The van der Waals surface area contributed by atoms with E-state index in [1.165, 1.54) is 11.1 Å². The monoisotopic (exact) mass is 1620 g/mol. The Kier molecular flexibility index (Phi) is 21.2. The normalized spacial score (nSPS) is 15.7. The fourth-order valence-corrected chi connectivity index (χ4v) is 15.4. The van der Waals surface area contributed by atoms with Crippen LogP contribution < -0.4 is 18.3 Å². The van der Waals surface area contributed by atoms with E-state index in [4.69, 9.17) is 24.7 Å². The molecule has 0 unspecified atom stereocenters. The van der Waals surface area contributed by atoms with Gasteiger partial charge in [0.25, 0.3) is 0 Å². The molecule has 4 aromatic heterocycles. The van der Waals surface area contributed by atoms with Crippen LogP contribution in [-0.2, 0) is 75.3 Å². The van der Waals surface area contributed by atoms with E-state index in [0.717, 1.165) is 101 Å². The van der Waals surface area contributed by atoms with E-state index in [0.29, 0.717) is 61.3 Å². The zero-order valence-corrected chi connectivity index (χ0v) is 78.6. The highest BCUT2D eigenvalue weighted by molar-refractivity contribution is 5.81. The summed E-state index contributed by atoms with van der Waals surface area (Å²) in [7, 11) is 7.69. The molecule has 12 aromatic rings. The number of aryl methyl sites for hydroxylation is 12. The summed E-state index contributed by atoms with van der Waals surface area (Å²) in [5.74, 6) is 0. The van der Waals surface area contributed by atoms with Gasteiger partial charge in [-0.1, -0.05) is 287 Å². The van der Waals surface area contributed by atoms with Gasteiger partial charge in [-0.3, -0.25) is 0 Å². The van der Waals surface area contributed by atoms with Gasteiger partial charge in [0.15, 0.2) is 24.8 Å². The van der Waals surface area contributed by atoms with Crippen molar-refractivity contribution in [1.29, 1.82) is 0 Å². The molecule has 0 atom stereocenters. The van der Waals surface area contributed by atoms with Crippen LogP contribution in [0.4, 0.5) is 0 Å². The van der Waals surface area contributed by atoms with Crippen LogP contribution in [0.25, 0.3) is 89.5 Å². The lowest BCUT2D eigenvalue weighted by Crippen LogP contribution is -2.33. The highest BCUT2D eigenvalue weighted by Crippen LogP contribution is 2.43. The molecule has 632 valence electrons. The van der Waals surface area contributed by atoms with E-state index >= 15 is 0 Å². The minimum Gasteiger partial charge on any atom is -0.201 e. The van der Waals surface area contributed by atoms with Gasteiger partial charge in [-0.15, -0.1) is 0 Å². The molecule has 0 N–H and O–H groups in total. The maximum absolute atomic E-state index is 9.23. The minimum absolute atomic E-state index is 0.0112. The summed E-state index contributed by atoms with van der Waals surface area (Å²) in [6.07, 6.45) is 0.729. The molecule has 4 heterocycles. The third-order valence-electron chi connectivity index (χ3n) is 21.4. The quantitative estimate of drug-likeness (QED) is 0.108. The second-order valence-electron chi connectivity index (χ2n) is 41.2. The Morgan fingerprint density at radius 2 is 0.592 bits per heavy atom. The van der Waals surface area contributed by atoms with Crippen LogP contribution in [0.15, 0.2) is 219 Å². The average Bonchev–Trinajstić information content (AvgIpc) is 0.729. The summed E-state index contributed by atoms with van der Waals surface area (Å²) >= 11 is 0. The number of rotatable bonds is 12. The first-order valence-corrected chi connectivity index (χ1v) is 42.4. The average molecular weight is 1620 g/mol. The zero-order chi connectivity index (χ0) is 106. The Balaban J connectivity index is 0.000000210. The standard InChI is InChI=1S/C34H48N.2C29H38N.C24H28N/c1-23-17-24(2)29(19-28(23)27-15-13-14-16-30(27)34(9,10)11)31-18-25(20-32(3,4)5)26(22-35(31)12)21-33(6,7)8;1-20-16-21(2)26(27-15-10-22(19-30(27)9)18-28(3,4)5)17-25(20)23-11-13-24(14-12-23)29(6,7)8;1-20-16-21(2)25(27-17-22(14-15-30(27)9)19-28(3,4)5)18-24(20)23-12-10-11-13-26(23)29(6,7)8;1-17-15-18(2)22(23-9-7-8-14-25(23)6)16-21(17)19-10-12-20(13-11-19)24(3,4)5/h13-19,22H,20-21H2,1-12H3;10-17,19H,18H2,1-9H3;10-18H,19H2,1-9H3;7-16H,1-6H3/q4*+1/i1D3,20D2,21D2;1D3,18D2;1D3,19D2;1D3. The predicted octanol–water partition coefficient (Wildman–Crippen LogP) is 29.4. The highest BCUT2D eigenvalue weighted by atomic mass is 14.9. The Morgan fingerprint density at radius 1 is 0.250 bits per heavy atom. The molecule has 0 aliphatic rings. The first-order valence-electron chi connectivity index (χ1n) is 52.4. The molecule has 0 saturated carbocycles. The van der Waals surface area contributed by atoms with Gasteiger partial charge >= 0.3 is 0 Å². The van der Waals surface area contributed by atoms with Crippen molar-refractivity contribution in [1.82, 2.24) is 0 Å². The molecule has 0 aliphatic heterocycles. The van der Waals surface area contributed by atoms with Crippen molar-refractivity contribution < 1.29 is 45.7 Å². The lowest BCUT2D eigenvalue weighted by atomic mass is 9.80. The van der Waals surface area contributed by atoms with Crippen LogP contribution in [0.3, 0.4) is 0 Å². The van der Waals surface area contributed by atoms with Crippen molar-refractivity contribution >= 4 is 0 Å². The third-order valence-corrected chi connectivity index (χ3v) is 21.4. The van der Waals surface area contributed by atoms with E-state index in [1.54, 1.807) is 30.5 Å². The number of aromatic nitrogens is 4. The summed E-state index contributed by atoms with van der Waals surface area (Å²) in [5.41, 5.74) is 21.6. The van der Waals surface area contributed by atoms with Crippen molar-refractivity contribution in [2.75, 3.05) is 0 Å². The van der Waals surface area contributed by atoms with Crippen molar-refractivity contribution in [3.8, 4) is 89.5 Å². The highest BCUT2D eigenvalue weighted by Gasteiger charge is 2.30. The van der Waals surface area contributed by atoms with Gasteiger partial charge in [-0.25, -0.2) is 18.3 Å². The molecular formula is C116H152N4+4. The van der Waals surface area contributed by atoms with Gasteiger partial charge in [-0.2, -0.15) is 0 Å². The summed E-state index contributed by atoms with van der Waals surface area (Å²) in [5, 5.41) is 0. The third kappa shape index (κ3) is 24.6. The number of hydrogen-bond acceptors (Lipinski definition) is 0. The van der Waals surface area contributed by atoms with E-state index in [9.17, 15) is 2.74 Å². The molecular weight excluding hydrogens is 1450 g/mol. The number of hydrogen-bond donors (Lipinski definition) is 0. The van der Waals surface area contributed by atoms with E-state index in [-0.39, 0.29) is 27.2 Å². The molecule has 8 aromatic carbocycles. The second-order valence-corrected chi connectivity index (χ2v) is 41.2. The molecule has 0 fully saturated rings. The first-order chi connectivity index (χ1) is 63.4. The molecule has 4 heteroatoms. The van der Waals surface area contributed by atoms with Gasteiger partial charge in [0.2, 0.25) is 22.8 Å². The summed E-state index contributed by atoms with van der Waals surface area (Å²) in [6.45, 7) is 46.8. The Labute approximate surface area is 757 Å². The molecule has 120 heavy (non-hydrogen) atoms. The fourth-order valence-electron chi connectivity index (χ4n) is 15.4. The minimum atomic E-state index is -2.34. The molecule has 12 rings (SSSR count). The van der Waals surface area contributed by atoms with Crippen LogP contribution >= 0.6 is 0 Å². The Hall–Kier alpha value is -9.64. The molecule has 0 spiro atoms. The maximum Gasteiger partial charge on any atom is 0.212 e. The summed E-state index contributed by atoms with van der Waals surface area (Å²) < 4.78 is 178. The van der Waals surface area contributed by atoms with E-state index < -0.39 is 74.6 Å². The van der Waals surface area contributed by atoms with Gasteiger partial charge in [0.1, 0.15) is 28.2 Å². The Bertz CT molecular complexity index is 6500. The topological polar surface area (TPSA) is 15.5 Å². The van der Waals surface area contributed by atoms with E-state index in [2.05, 4.69) is 124 Å². The van der Waals surface area contributed by atoms with Gasteiger partial charge in [0, 0.05) is 97.2 Å². The fraction of sp³-hybridized carbons (Fsp3) is 0.414. The van der Waals surface area contributed by atoms with Crippen molar-refractivity contribution in [2.24, 2.45) is 49.9 Å². The SMILES string of the molecule is [2H]C([2H])([2H])c1cc(C)c(-c2cc(C([2H])([2H])C(C)(C)C)c(C([2H])([2H])C(C)(C)C)c[n+]2C)cc1-c1ccccc1C(C)(C)C.[2H]C([2H])([2H])c1cc(C)c(-c2cc(C([2H])([2H])C(C)(C)C)cc[n+]2C)cc1-c1ccccc1C(C)(C)C.[2H]C([2H])([2H])c1cc(C)c(-c2ccc(C([2H])([2H])C(C)(C)C)c[n+]2C)cc1-c1ccc(C(C)(C)C)cc1.[2H]C([2H])([2H])c1cc(C)c(-c2cccc[n+]2C)cc1-c1ccc(C(C)(C)C)cc1. The lowest BCUT2D eigenvalue weighted by Gasteiger charge is -2.25. The van der Waals surface area contributed by atoms with E-state index in [1.807, 2.05) is 305 Å². The van der Waals surface area contributed by atoms with Crippen LogP contribution in [0.5, 0.6) is 0 Å². The molecule has 4 nitrogen and oxygen atoms in total. The maximum atomic E-state index is 9.23. The van der Waals surface area contributed by atoms with Gasteiger partial charge in [0.05, 0.1) is 0 Å². The summed E-state index contributed by atoms with van der Waals surface area (Å²) in [6, 6.07) is 62.7. The predicted molar refractivity (Wildman–Crippen MR) is 519 cm³/mol. The molecule has 0 radical (unpaired) electrons.